The van der Waals surface area contributed by atoms with Crippen molar-refractivity contribution in [2.24, 2.45) is 0 Å². The molecular formula is C15H27N5OS. The second-order valence-electron chi connectivity index (χ2n) is 6.94. The number of carbonyl (C=O) groups is 1. The van der Waals surface area contributed by atoms with Crippen molar-refractivity contribution in [3.05, 3.63) is 0 Å². The molecule has 124 valence electrons. The fraction of sp³-hybridized carbons (Fsp3) is 0.867. The Morgan fingerprint density at radius 3 is 2.50 bits per heavy atom. The van der Waals surface area contributed by atoms with Crippen molar-refractivity contribution in [2.75, 3.05) is 5.75 Å². The number of tetrazole rings is 1. The van der Waals surface area contributed by atoms with Crippen LogP contribution in [-0.2, 0) is 10.3 Å². The van der Waals surface area contributed by atoms with E-state index in [1.165, 1.54) is 43.9 Å². The van der Waals surface area contributed by atoms with Gasteiger partial charge in [0.15, 0.2) is 0 Å². The molecule has 6 nitrogen and oxygen atoms in total. The molecule has 2 rings (SSSR count). The minimum absolute atomic E-state index is 0.0824. The highest BCUT2D eigenvalue weighted by Crippen LogP contribution is 2.21. The van der Waals surface area contributed by atoms with Gasteiger partial charge >= 0.3 is 0 Å². The summed E-state index contributed by atoms with van der Waals surface area (Å²) in [6.45, 7) is 6.13. The lowest BCUT2D eigenvalue weighted by molar-refractivity contribution is -0.119. The number of hydrogen-bond acceptors (Lipinski definition) is 5. The summed E-state index contributed by atoms with van der Waals surface area (Å²) >= 11 is 1.40. The predicted octanol–water partition coefficient (Wildman–Crippen LogP) is 2.75. The van der Waals surface area contributed by atoms with E-state index in [0.29, 0.717) is 17.0 Å². The number of amides is 1. The van der Waals surface area contributed by atoms with Crippen LogP contribution < -0.4 is 5.32 Å². The van der Waals surface area contributed by atoms with Crippen molar-refractivity contribution < 1.29 is 4.79 Å². The molecule has 0 radical (unpaired) electrons. The molecule has 0 saturated heterocycles. The van der Waals surface area contributed by atoms with E-state index in [-0.39, 0.29) is 11.4 Å². The van der Waals surface area contributed by atoms with E-state index in [1.807, 2.05) is 20.8 Å². The largest absolute Gasteiger partial charge is 0.353 e. The van der Waals surface area contributed by atoms with Crippen molar-refractivity contribution in [2.45, 2.75) is 82.5 Å². The normalized spacial score (nSPS) is 17.8. The van der Waals surface area contributed by atoms with Crippen LogP contribution in [0.2, 0.25) is 0 Å². The lowest BCUT2D eigenvalue weighted by Crippen LogP contribution is -2.36. The minimum Gasteiger partial charge on any atom is -0.353 e. The average Bonchev–Trinajstić information content (AvgIpc) is 2.88. The molecule has 0 aliphatic heterocycles. The van der Waals surface area contributed by atoms with Crippen LogP contribution in [0, 0.1) is 0 Å². The highest BCUT2D eigenvalue weighted by Gasteiger charge is 2.21. The molecule has 0 bridgehead atoms. The van der Waals surface area contributed by atoms with E-state index in [4.69, 9.17) is 0 Å². The van der Waals surface area contributed by atoms with Crippen molar-refractivity contribution in [3.8, 4) is 0 Å². The topological polar surface area (TPSA) is 72.7 Å². The van der Waals surface area contributed by atoms with E-state index >= 15 is 0 Å². The highest BCUT2D eigenvalue weighted by molar-refractivity contribution is 7.99. The Morgan fingerprint density at radius 1 is 1.23 bits per heavy atom. The molecule has 1 aliphatic carbocycles. The van der Waals surface area contributed by atoms with Crippen LogP contribution in [-0.4, -0.2) is 37.9 Å². The van der Waals surface area contributed by atoms with Crippen LogP contribution in [0.1, 0.15) is 65.7 Å². The minimum atomic E-state index is -0.179. The zero-order valence-electron chi connectivity index (χ0n) is 13.8. The van der Waals surface area contributed by atoms with Gasteiger partial charge in [0.05, 0.1) is 11.3 Å². The summed E-state index contributed by atoms with van der Waals surface area (Å²) in [6.07, 6.45) is 8.59. The maximum Gasteiger partial charge on any atom is 0.230 e. The molecule has 1 aromatic rings. The third-order valence-corrected chi connectivity index (χ3v) is 4.80. The Labute approximate surface area is 136 Å². The first-order valence-corrected chi connectivity index (χ1v) is 9.16. The molecule has 1 amide bonds. The van der Waals surface area contributed by atoms with E-state index in [2.05, 4.69) is 20.8 Å². The smallest absolute Gasteiger partial charge is 0.230 e. The van der Waals surface area contributed by atoms with Gasteiger partial charge in [-0.2, -0.15) is 0 Å². The Balaban J connectivity index is 1.81. The SMILES string of the molecule is CC(C)(C)n1nnnc1SCC(=O)NC1CCCCCCC1. The number of nitrogens with one attached hydrogen (secondary N) is 1. The first-order chi connectivity index (χ1) is 10.5. The van der Waals surface area contributed by atoms with E-state index in [0.717, 1.165) is 12.8 Å². The van der Waals surface area contributed by atoms with Gasteiger partial charge in [-0.3, -0.25) is 4.79 Å². The molecule has 7 heteroatoms. The maximum atomic E-state index is 12.2. The van der Waals surface area contributed by atoms with E-state index in [1.54, 1.807) is 4.68 Å². The second kappa shape index (κ2) is 7.94. The Hall–Kier alpha value is -1.11. The van der Waals surface area contributed by atoms with Gasteiger partial charge in [-0.25, -0.2) is 4.68 Å². The summed E-state index contributed by atoms with van der Waals surface area (Å²) < 4.78 is 1.76. The van der Waals surface area contributed by atoms with Crippen LogP contribution in [0.4, 0.5) is 0 Å². The molecular weight excluding hydrogens is 298 g/mol. The molecule has 0 unspecified atom stereocenters. The van der Waals surface area contributed by atoms with Crippen LogP contribution >= 0.6 is 11.8 Å². The Kier molecular flexibility index (Phi) is 6.23. The van der Waals surface area contributed by atoms with Crippen LogP contribution in [0.3, 0.4) is 0 Å². The van der Waals surface area contributed by atoms with Crippen molar-refractivity contribution in [3.63, 3.8) is 0 Å². The summed E-state index contributed by atoms with van der Waals surface area (Å²) in [6, 6.07) is 0.340. The molecule has 1 N–H and O–H groups in total. The van der Waals surface area contributed by atoms with Crippen molar-refractivity contribution in [1.29, 1.82) is 0 Å². The summed E-state index contributed by atoms with van der Waals surface area (Å²) in [5.74, 6) is 0.450. The maximum absolute atomic E-state index is 12.2. The molecule has 1 saturated carbocycles. The van der Waals surface area contributed by atoms with Gasteiger partial charge in [-0.15, -0.1) is 5.10 Å². The molecule has 0 spiro atoms. The lowest BCUT2D eigenvalue weighted by Gasteiger charge is -2.21. The predicted molar refractivity (Wildman–Crippen MR) is 87.8 cm³/mol. The molecule has 1 aromatic heterocycles. The fourth-order valence-corrected chi connectivity index (χ4v) is 3.56. The first-order valence-electron chi connectivity index (χ1n) is 8.18. The molecule has 1 fully saturated rings. The second-order valence-corrected chi connectivity index (χ2v) is 7.88. The van der Waals surface area contributed by atoms with Crippen LogP contribution in [0.5, 0.6) is 0 Å². The number of rotatable bonds is 4. The number of carbonyl (C=O) groups excluding carboxylic acids is 1. The van der Waals surface area contributed by atoms with Crippen molar-refractivity contribution in [1.82, 2.24) is 25.5 Å². The van der Waals surface area contributed by atoms with Gasteiger partial charge in [-0.1, -0.05) is 43.9 Å². The Bertz CT molecular complexity index is 475. The molecule has 0 aromatic carbocycles. The molecule has 0 atom stereocenters. The Morgan fingerprint density at radius 2 is 1.86 bits per heavy atom. The number of nitrogens with zero attached hydrogens (tertiary/aromatic N) is 4. The zero-order valence-corrected chi connectivity index (χ0v) is 14.7. The summed E-state index contributed by atoms with van der Waals surface area (Å²) in [4.78, 5) is 12.2. The molecule has 1 aliphatic rings. The van der Waals surface area contributed by atoms with Gasteiger partial charge in [-0.05, 0) is 44.0 Å². The third kappa shape index (κ3) is 5.26. The first kappa shape index (κ1) is 17.2. The number of aromatic nitrogens is 4. The lowest BCUT2D eigenvalue weighted by atomic mass is 9.97. The van der Waals surface area contributed by atoms with Gasteiger partial charge in [0.1, 0.15) is 0 Å². The summed E-state index contributed by atoms with van der Waals surface area (Å²) in [5, 5.41) is 15.6. The third-order valence-electron chi connectivity index (χ3n) is 3.88. The average molecular weight is 325 g/mol. The van der Waals surface area contributed by atoms with E-state index < -0.39 is 0 Å². The molecule has 1 heterocycles. The monoisotopic (exact) mass is 325 g/mol. The van der Waals surface area contributed by atoms with Gasteiger partial charge in [0.2, 0.25) is 11.1 Å². The van der Waals surface area contributed by atoms with Crippen LogP contribution in [0.25, 0.3) is 0 Å². The zero-order chi connectivity index (χ0) is 16.0. The highest BCUT2D eigenvalue weighted by atomic mass is 32.2. The van der Waals surface area contributed by atoms with Crippen LogP contribution in [0.15, 0.2) is 5.16 Å². The molecule has 22 heavy (non-hydrogen) atoms. The summed E-state index contributed by atoms with van der Waals surface area (Å²) in [5.41, 5.74) is -0.179. The van der Waals surface area contributed by atoms with E-state index in [9.17, 15) is 4.79 Å². The standard InChI is InChI=1S/C15H27N5OS/c1-15(2,3)20-14(17-18-19-20)22-11-13(21)16-12-9-7-5-4-6-8-10-12/h12H,4-11H2,1-3H3,(H,16,21). The summed E-state index contributed by atoms with van der Waals surface area (Å²) in [7, 11) is 0. The van der Waals surface area contributed by atoms with Gasteiger partial charge in [0.25, 0.3) is 0 Å². The quantitative estimate of drug-likeness (QED) is 0.862. The number of thioether (sulfide) groups is 1. The fourth-order valence-electron chi connectivity index (χ4n) is 2.69. The van der Waals surface area contributed by atoms with Gasteiger partial charge in [0, 0.05) is 6.04 Å². The van der Waals surface area contributed by atoms with Crippen molar-refractivity contribution >= 4 is 17.7 Å². The van der Waals surface area contributed by atoms with Gasteiger partial charge < -0.3 is 5.32 Å². The number of hydrogen-bond donors (Lipinski definition) is 1.